The zero-order valence-electron chi connectivity index (χ0n) is 31.2. The summed E-state index contributed by atoms with van der Waals surface area (Å²) in [5.74, 6) is 0.509. The number of hydrogen-bond donors (Lipinski definition) is 5. The normalized spacial score (nSPS) is 19.4. The Hall–Kier alpha value is -4.92. The van der Waals surface area contributed by atoms with Gasteiger partial charge in [-0.25, -0.2) is 0 Å². The van der Waals surface area contributed by atoms with Gasteiger partial charge in [0.2, 0.25) is 17.7 Å². The van der Waals surface area contributed by atoms with Crippen LogP contribution in [0.2, 0.25) is 5.02 Å². The lowest BCUT2D eigenvalue weighted by atomic mass is 9.83. The first-order valence-electron chi connectivity index (χ1n) is 18.9. The van der Waals surface area contributed by atoms with Crippen molar-refractivity contribution >= 4 is 29.2 Å². The van der Waals surface area contributed by atoms with Crippen molar-refractivity contribution in [1.29, 1.82) is 0 Å². The van der Waals surface area contributed by atoms with Gasteiger partial charge in [-0.05, 0) is 67.0 Å². The number of pyridine rings is 2. The summed E-state index contributed by atoms with van der Waals surface area (Å²) in [7, 11) is 3.00. The minimum atomic E-state index is -4.68. The Morgan fingerprint density at radius 3 is 2.21 bits per heavy atom. The van der Waals surface area contributed by atoms with Crippen molar-refractivity contribution in [1.82, 2.24) is 31.2 Å². The summed E-state index contributed by atoms with van der Waals surface area (Å²) in [6.45, 7) is 1.72. The molecule has 2 aliphatic heterocycles. The predicted octanol–water partition coefficient (Wildman–Crippen LogP) is 6.73. The van der Waals surface area contributed by atoms with Crippen molar-refractivity contribution in [3.63, 3.8) is 0 Å². The molecular weight excluding hydrogens is 747 g/mol. The third-order valence-corrected chi connectivity index (χ3v) is 11.1. The van der Waals surface area contributed by atoms with Gasteiger partial charge in [-0.1, -0.05) is 41.9 Å². The average Bonchev–Trinajstić information content (AvgIpc) is 3.81. The van der Waals surface area contributed by atoms with E-state index in [1.165, 1.54) is 7.11 Å². The van der Waals surface area contributed by atoms with E-state index in [0.717, 1.165) is 52.3 Å². The average molecular weight is 792 g/mol. The number of amides is 2. The molecule has 0 bridgehead atoms. The van der Waals surface area contributed by atoms with E-state index in [0.29, 0.717) is 68.2 Å². The van der Waals surface area contributed by atoms with Crippen molar-refractivity contribution in [3.8, 4) is 34.0 Å². The largest absolute Gasteiger partial charge is 0.496 e. The molecule has 7 rings (SSSR count). The van der Waals surface area contributed by atoms with Crippen LogP contribution in [0.25, 0.3) is 22.4 Å². The molecule has 2 aromatic heterocycles. The number of benzene rings is 2. The predicted molar refractivity (Wildman–Crippen MR) is 208 cm³/mol. The third-order valence-electron chi connectivity index (χ3n) is 10.7. The number of rotatable bonds is 14. The second-order valence-electron chi connectivity index (χ2n) is 14.4. The lowest BCUT2D eigenvalue weighted by Gasteiger charge is -2.30. The summed E-state index contributed by atoms with van der Waals surface area (Å²) in [6, 6.07) is 14.2. The molecule has 3 aliphatic rings. The Bertz CT molecular complexity index is 2100. The van der Waals surface area contributed by atoms with E-state index in [-0.39, 0.29) is 47.7 Å². The highest BCUT2D eigenvalue weighted by atomic mass is 35.5. The summed E-state index contributed by atoms with van der Waals surface area (Å²) in [6.07, 6.45) is 1.54. The molecule has 2 amide bonds. The SMILES string of the molecule is COc1cc(-c2nccc(-c3cccc4c3CCC[C@H]4Nc3nc(OC)c(CNC[C@H]4CCC(=O)N4)cc3C(F)(F)F)c2Cl)ccc1CNC[C@@H]1CCC(=O)N1. The van der Waals surface area contributed by atoms with E-state index in [1.54, 1.807) is 13.3 Å². The van der Waals surface area contributed by atoms with Gasteiger partial charge in [-0.15, -0.1) is 0 Å². The number of ether oxygens (including phenoxy) is 2. The number of aromatic nitrogens is 2. The minimum Gasteiger partial charge on any atom is -0.496 e. The molecule has 0 unspecified atom stereocenters. The lowest BCUT2D eigenvalue weighted by Crippen LogP contribution is -2.35. The molecule has 0 saturated carbocycles. The highest BCUT2D eigenvalue weighted by Crippen LogP contribution is 2.44. The van der Waals surface area contributed by atoms with Crippen LogP contribution in [0.4, 0.5) is 19.0 Å². The van der Waals surface area contributed by atoms with E-state index in [2.05, 4.69) is 36.6 Å². The van der Waals surface area contributed by atoms with Gasteiger partial charge in [0, 0.05) is 79.6 Å². The topological polar surface area (TPSA) is 139 Å². The molecule has 5 N–H and O–H groups in total. The Morgan fingerprint density at radius 1 is 0.857 bits per heavy atom. The molecule has 3 atom stereocenters. The number of anilines is 1. The highest BCUT2D eigenvalue weighted by molar-refractivity contribution is 6.35. The number of carbonyl (C=O) groups is 2. The highest BCUT2D eigenvalue weighted by Gasteiger charge is 2.37. The number of halogens is 4. The van der Waals surface area contributed by atoms with E-state index in [4.69, 9.17) is 21.1 Å². The van der Waals surface area contributed by atoms with Crippen LogP contribution in [0.5, 0.6) is 11.6 Å². The fourth-order valence-corrected chi connectivity index (χ4v) is 8.22. The van der Waals surface area contributed by atoms with Gasteiger partial charge in [-0.2, -0.15) is 18.2 Å². The quantitative estimate of drug-likeness (QED) is 0.0942. The fourth-order valence-electron chi connectivity index (χ4n) is 7.90. The van der Waals surface area contributed by atoms with Crippen molar-refractivity contribution in [3.05, 3.63) is 87.6 Å². The molecule has 2 fully saturated rings. The summed E-state index contributed by atoms with van der Waals surface area (Å²) >= 11 is 7.15. The fraction of sp³-hybridized carbons (Fsp3) is 0.415. The van der Waals surface area contributed by atoms with Crippen LogP contribution in [0.1, 0.15) is 72.4 Å². The molecule has 296 valence electrons. The van der Waals surface area contributed by atoms with Crippen molar-refractivity contribution in [2.45, 2.75) is 82.3 Å². The minimum absolute atomic E-state index is 0.0307. The van der Waals surface area contributed by atoms with E-state index >= 15 is 0 Å². The van der Waals surface area contributed by atoms with Crippen LogP contribution in [0, 0.1) is 0 Å². The van der Waals surface area contributed by atoms with Gasteiger partial charge >= 0.3 is 6.18 Å². The number of nitrogens with one attached hydrogen (secondary N) is 5. The standard InChI is InChI=1S/C41H45ClF3N7O4/c1-55-34-18-23(9-10-24(34)19-46-21-26-11-13-35(53)49-26)38-37(42)31(15-16-48-38)29-5-3-7-30-28(29)6-4-8-33(30)51-39-32(41(43,44)45)17-25(40(52-39)56-2)20-47-22-27-12-14-36(54)50-27/h3,5,7,9-10,15-18,26-27,33,46-47H,4,6,8,11-14,19-22H2,1-2H3,(H,49,53)(H,50,54)(H,51,52)/t26-,27+,33+/m0/s1. The van der Waals surface area contributed by atoms with Crippen LogP contribution in [-0.2, 0) is 35.3 Å². The molecule has 4 heterocycles. The molecular formula is C41H45ClF3N7O4. The molecule has 0 spiro atoms. The Labute approximate surface area is 328 Å². The van der Waals surface area contributed by atoms with Gasteiger partial charge < -0.3 is 36.1 Å². The lowest BCUT2D eigenvalue weighted by molar-refractivity contribution is -0.137. The molecule has 0 radical (unpaired) electrons. The summed E-state index contributed by atoms with van der Waals surface area (Å²) in [5.41, 5.74) is 5.20. The molecule has 11 nitrogen and oxygen atoms in total. The van der Waals surface area contributed by atoms with Gasteiger partial charge in [-0.3, -0.25) is 14.6 Å². The summed E-state index contributed by atoms with van der Waals surface area (Å²) in [5, 5.41) is 15.9. The van der Waals surface area contributed by atoms with E-state index in [9.17, 15) is 22.8 Å². The molecule has 2 aromatic carbocycles. The monoisotopic (exact) mass is 791 g/mol. The van der Waals surface area contributed by atoms with E-state index < -0.39 is 17.8 Å². The van der Waals surface area contributed by atoms with Crippen LogP contribution in [-0.4, -0.2) is 61.2 Å². The second-order valence-corrected chi connectivity index (χ2v) is 14.8. The maximum Gasteiger partial charge on any atom is 0.419 e. The van der Waals surface area contributed by atoms with Gasteiger partial charge in [0.1, 0.15) is 11.6 Å². The zero-order valence-corrected chi connectivity index (χ0v) is 32.0. The summed E-state index contributed by atoms with van der Waals surface area (Å²) < 4.78 is 55.0. The first kappa shape index (κ1) is 39.3. The summed E-state index contributed by atoms with van der Waals surface area (Å²) in [4.78, 5) is 32.1. The Morgan fingerprint density at radius 2 is 1.57 bits per heavy atom. The van der Waals surface area contributed by atoms with Crippen molar-refractivity contribution < 1.29 is 32.2 Å². The second kappa shape index (κ2) is 17.1. The van der Waals surface area contributed by atoms with E-state index in [1.807, 2.05) is 42.5 Å². The number of hydrogen-bond acceptors (Lipinski definition) is 9. The molecule has 4 aromatic rings. The van der Waals surface area contributed by atoms with Crippen LogP contribution < -0.4 is 36.1 Å². The third kappa shape index (κ3) is 8.72. The van der Waals surface area contributed by atoms with Gasteiger partial charge in [0.15, 0.2) is 0 Å². The maximum atomic E-state index is 14.6. The molecule has 56 heavy (non-hydrogen) atoms. The Balaban J connectivity index is 1.12. The van der Waals surface area contributed by atoms with Crippen LogP contribution in [0.3, 0.4) is 0 Å². The number of fused-ring (bicyclic) bond motifs is 1. The zero-order chi connectivity index (χ0) is 39.4. The number of alkyl halides is 3. The number of methoxy groups -OCH3 is 2. The number of nitrogens with zero attached hydrogens (tertiary/aromatic N) is 2. The van der Waals surface area contributed by atoms with Crippen LogP contribution >= 0.6 is 11.6 Å². The molecule has 15 heteroatoms. The molecule has 1 aliphatic carbocycles. The van der Waals surface area contributed by atoms with Crippen LogP contribution in [0.15, 0.2) is 54.7 Å². The first-order chi connectivity index (χ1) is 27.0. The van der Waals surface area contributed by atoms with Gasteiger partial charge in [0.25, 0.3) is 0 Å². The van der Waals surface area contributed by atoms with Crippen molar-refractivity contribution in [2.24, 2.45) is 0 Å². The first-order valence-corrected chi connectivity index (χ1v) is 19.3. The van der Waals surface area contributed by atoms with Gasteiger partial charge in [0.05, 0.1) is 36.5 Å². The Kier molecular flexibility index (Phi) is 12.0. The molecule has 2 saturated heterocycles. The maximum absolute atomic E-state index is 14.6. The smallest absolute Gasteiger partial charge is 0.419 e. The number of carbonyl (C=O) groups excluding carboxylic acids is 2. The van der Waals surface area contributed by atoms with Crippen molar-refractivity contribution in [2.75, 3.05) is 32.6 Å².